The first-order valence-electron chi connectivity index (χ1n) is 7.68. The van der Waals surface area contributed by atoms with Crippen LogP contribution < -0.4 is 4.74 Å². The molecule has 1 saturated heterocycles. The summed E-state index contributed by atoms with van der Waals surface area (Å²) < 4.78 is 12.9. The summed E-state index contributed by atoms with van der Waals surface area (Å²) in [4.78, 5) is 0. The van der Waals surface area contributed by atoms with Crippen molar-refractivity contribution in [2.24, 2.45) is 0 Å². The van der Waals surface area contributed by atoms with Gasteiger partial charge in [-0.3, -0.25) is 0 Å². The van der Waals surface area contributed by atoms with Crippen molar-refractivity contribution >= 4 is 11.8 Å². The summed E-state index contributed by atoms with van der Waals surface area (Å²) in [6, 6.07) is 9.45. The Morgan fingerprint density at radius 1 is 1.39 bits per heavy atom. The Morgan fingerprint density at radius 3 is 3.04 bits per heavy atom. The summed E-state index contributed by atoms with van der Waals surface area (Å²) in [6.45, 7) is 1.71. The zero-order valence-electron chi connectivity index (χ0n) is 12.7. The first-order valence-corrected chi connectivity index (χ1v) is 8.66. The minimum absolute atomic E-state index is 0.184. The van der Waals surface area contributed by atoms with Crippen LogP contribution in [-0.4, -0.2) is 56.5 Å². The van der Waals surface area contributed by atoms with Crippen LogP contribution >= 0.6 is 11.8 Å². The Balaban J connectivity index is 1.43. The monoisotopic (exact) mass is 336 g/mol. The second-order valence-corrected chi connectivity index (χ2v) is 6.35. The highest BCUT2D eigenvalue weighted by molar-refractivity contribution is 7.99. The number of aliphatic hydroxyl groups excluding tert-OH is 1. The van der Waals surface area contributed by atoms with Crippen LogP contribution in [0.5, 0.6) is 5.75 Å². The normalized spacial score (nSPS) is 18.9. The van der Waals surface area contributed by atoms with Crippen LogP contribution in [0.2, 0.25) is 0 Å². The molecule has 0 saturated carbocycles. The number of rotatable bonds is 8. The largest absolute Gasteiger partial charge is 0.491 e. The molecule has 0 bridgehead atoms. The number of tetrazole rings is 1. The van der Waals surface area contributed by atoms with E-state index >= 15 is 0 Å². The fourth-order valence-electron chi connectivity index (χ4n) is 2.32. The molecule has 0 unspecified atom stereocenters. The number of thioether (sulfide) groups is 1. The van der Waals surface area contributed by atoms with Crippen molar-refractivity contribution in [2.75, 3.05) is 19.0 Å². The SMILES string of the molecule is O[C@@H](COc1ccccc1)CSc1nnnn1C[C@H]1CCCO1. The molecule has 7 nitrogen and oxygen atoms in total. The van der Waals surface area contributed by atoms with Crippen LogP contribution in [0, 0.1) is 0 Å². The second-order valence-electron chi connectivity index (χ2n) is 5.37. The third kappa shape index (κ3) is 4.92. The van der Waals surface area contributed by atoms with Gasteiger partial charge in [0.05, 0.1) is 18.8 Å². The Bertz CT molecular complexity index is 589. The molecule has 2 aromatic rings. The van der Waals surface area contributed by atoms with Crippen LogP contribution in [0.25, 0.3) is 0 Å². The van der Waals surface area contributed by atoms with Crippen LogP contribution in [0.4, 0.5) is 0 Å². The van der Waals surface area contributed by atoms with E-state index in [0.29, 0.717) is 17.5 Å². The van der Waals surface area contributed by atoms with Crippen molar-refractivity contribution in [3.8, 4) is 5.75 Å². The predicted molar refractivity (Wildman–Crippen MR) is 85.5 cm³/mol. The van der Waals surface area contributed by atoms with E-state index in [-0.39, 0.29) is 12.7 Å². The summed E-state index contributed by atoms with van der Waals surface area (Å²) in [7, 11) is 0. The van der Waals surface area contributed by atoms with Crippen molar-refractivity contribution < 1.29 is 14.6 Å². The molecule has 1 aliphatic heterocycles. The topological polar surface area (TPSA) is 82.3 Å². The van der Waals surface area contributed by atoms with E-state index in [9.17, 15) is 5.11 Å². The van der Waals surface area contributed by atoms with Gasteiger partial charge in [0, 0.05) is 12.4 Å². The van der Waals surface area contributed by atoms with Crippen molar-refractivity contribution in [2.45, 2.75) is 36.8 Å². The summed E-state index contributed by atoms with van der Waals surface area (Å²) in [5, 5.41) is 22.4. The van der Waals surface area contributed by atoms with Gasteiger partial charge in [-0.15, -0.1) is 5.10 Å². The molecule has 2 heterocycles. The number of hydrogen-bond donors (Lipinski definition) is 1. The number of ether oxygens (including phenoxy) is 2. The van der Waals surface area contributed by atoms with Gasteiger partial charge in [0.1, 0.15) is 12.4 Å². The molecule has 0 aliphatic carbocycles. The first kappa shape index (κ1) is 16.2. The lowest BCUT2D eigenvalue weighted by Crippen LogP contribution is -2.21. The fourth-order valence-corrected chi connectivity index (χ4v) is 3.12. The molecule has 0 radical (unpaired) electrons. The fraction of sp³-hybridized carbons (Fsp3) is 0.533. The number of para-hydroxylation sites is 1. The van der Waals surface area contributed by atoms with Crippen LogP contribution in [0.3, 0.4) is 0 Å². The van der Waals surface area contributed by atoms with E-state index in [4.69, 9.17) is 9.47 Å². The molecule has 23 heavy (non-hydrogen) atoms. The molecule has 3 rings (SSSR count). The first-order chi connectivity index (χ1) is 11.3. The third-order valence-corrected chi connectivity index (χ3v) is 4.59. The summed E-state index contributed by atoms with van der Waals surface area (Å²) in [5.74, 6) is 1.22. The molecule has 1 aromatic heterocycles. The van der Waals surface area contributed by atoms with E-state index in [0.717, 1.165) is 25.2 Å². The lowest BCUT2D eigenvalue weighted by Gasteiger charge is -2.13. The number of nitrogens with zero attached hydrogens (tertiary/aromatic N) is 4. The highest BCUT2D eigenvalue weighted by Crippen LogP contribution is 2.19. The molecular formula is C15H20N4O3S. The van der Waals surface area contributed by atoms with Gasteiger partial charge in [-0.05, 0) is 35.4 Å². The quantitative estimate of drug-likeness (QED) is 0.729. The standard InChI is InChI=1S/C15H20N4O3S/c20-12(10-22-13-5-2-1-3-6-13)11-23-15-16-17-18-19(15)9-14-7-4-8-21-14/h1-3,5-6,12,14,20H,4,7-11H2/t12-,14+/m0/s1. The molecule has 1 fully saturated rings. The number of hydrogen-bond acceptors (Lipinski definition) is 7. The minimum Gasteiger partial charge on any atom is -0.491 e. The summed E-state index contributed by atoms with van der Waals surface area (Å²) in [6.07, 6.45) is 1.72. The third-order valence-electron chi connectivity index (χ3n) is 3.49. The van der Waals surface area contributed by atoms with E-state index in [1.54, 1.807) is 4.68 Å². The maximum Gasteiger partial charge on any atom is 0.209 e. The Labute approximate surface area is 139 Å². The average Bonchev–Trinajstić information content (AvgIpc) is 3.24. The summed E-state index contributed by atoms with van der Waals surface area (Å²) in [5.41, 5.74) is 0. The van der Waals surface area contributed by atoms with Crippen molar-refractivity contribution in [3.05, 3.63) is 30.3 Å². The Morgan fingerprint density at radius 2 is 2.26 bits per heavy atom. The zero-order chi connectivity index (χ0) is 15.9. The smallest absolute Gasteiger partial charge is 0.209 e. The Kier molecular flexibility index (Phi) is 5.84. The zero-order valence-corrected chi connectivity index (χ0v) is 13.6. The van der Waals surface area contributed by atoms with E-state index in [1.165, 1.54) is 11.8 Å². The molecule has 8 heteroatoms. The van der Waals surface area contributed by atoms with E-state index in [1.807, 2.05) is 30.3 Å². The molecule has 0 spiro atoms. The minimum atomic E-state index is -0.590. The predicted octanol–water partition coefficient (Wildman–Crippen LogP) is 1.38. The summed E-state index contributed by atoms with van der Waals surface area (Å²) >= 11 is 1.42. The Hall–Kier alpha value is -1.64. The molecule has 1 aromatic carbocycles. The maximum atomic E-state index is 10.0. The highest BCUT2D eigenvalue weighted by Gasteiger charge is 2.19. The van der Waals surface area contributed by atoms with Gasteiger partial charge in [0.15, 0.2) is 0 Å². The van der Waals surface area contributed by atoms with Crippen LogP contribution in [0.15, 0.2) is 35.5 Å². The molecule has 2 atom stereocenters. The lowest BCUT2D eigenvalue weighted by atomic mass is 10.2. The van der Waals surface area contributed by atoms with Crippen molar-refractivity contribution in [1.82, 2.24) is 20.2 Å². The van der Waals surface area contributed by atoms with Crippen LogP contribution in [-0.2, 0) is 11.3 Å². The molecule has 1 N–H and O–H groups in total. The maximum absolute atomic E-state index is 10.0. The van der Waals surface area contributed by atoms with Gasteiger partial charge in [-0.25, -0.2) is 4.68 Å². The lowest BCUT2D eigenvalue weighted by molar-refractivity contribution is 0.0911. The second kappa shape index (κ2) is 8.28. The van der Waals surface area contributed by atoms with Gasteiger partial charge in [0.25, 0.3) is 0 Å². The van der Waals surface area contributed by atoms with Gasteiger partial charge < -0.3 is 14.6 Å². The molecular weight excluding hydrogens is 316 g/mol. The van der Waals surface area contributed by atoms with Crippen molar-refractivity contribution in [1.29, 1.82) is 0 Å². The number of aromatic nitrogens is 4. The number of benzene rings is 1. The van der Waals surface area contributed by atoms with Crippen molar-refractivity contribution in [3.63, 3.8) is 0 Å². The highest BCUT2D eigenvalue weighted by atomic mass is 32.2. The molecule has 1 aliphatic rings. The number of aliphatic hydroxyl groups is 1. The molecule has 124 valence electrons. The van der Waals surface area contributed by atoms with Crippen LogP contribution in [0.1, 0.15) is 12.8 Å². The molecule has 0 amide bonds. The van der Waals surface area contributed by atoms with Gasteiger partial charge in [-0.2, -0.15) is 0 Å². The van der Waals surface area contributed by atoms with Gasteiger partial charge >= 0.3 is 0 Å². The van der Waals surface area contributed by atoms with E-state index in [2.05, 4.69) is 15.5 Å². The average molecular weight is 336 g/mol. The van der Waals surface area contributed by atoms with Gasteiger partial charge in [0.2, 0.25) is 5.16 Å². The van der Waals surface area contributed by atoms with E-state index < -0.39 is 6.10 Å². The van der Waals surface area contributed by atoms with Gasteiger partial charge in [-0.1, -0.05) is 30.0 Å².